The lowest BCUT2D eigenvalue weighted by molar-refractivity contribution is -0.119. The minimum Gasteiger partial charge on any atom is -0.355 e. The molecule has 0 spiro atoms. The van der Waals surface area contributed by atoms with Crippen molar-refractivity contribution in [1.82, 2.24) is 20.4 Å². The van der Waals surface area contributed by atoms with Gasteiger partial charge in [-0.25, -0.2) is 0 Å². The van der Waals surface area contributed by atoms with Crippen molar-refractivity contribution in [3.8, 4) is 0 Å². The number of hydrogen-bond donors (Lipinski definition) is 2. The molecule has 0 bridgehead atoms. The Morgan fingerprint density at radius 3 is 2.50 bits per heavy atom. The molecule has 2 aliphatic heterocycles. The van der Waals surface area contributed by atoms with Crippen molar-refractivity contribution in [3.63, 3.8) is 0 Å². The van der Waals surface area contributed by atoms with Crippen molar-refractivity contribution < 1.29 is 4.79 Å². The van der Waals surface area contributed by atoms with Crippen LogP contribution in [0.2, 0.25) is 0 Å². The largest absolute Gasteiger partial charge is 0.355 e. The van der Waals surface area contributed by atoms with Crippen LogP contribution in [0.1, 0.15) is 6.92 Å². The van der Waals surface area contributed by atoms with E-state index in [9.17, 15) is 4.79 Å². The molecule has 0 aromatic carbocycles. The molecule has 0 unspecified atom stereocenters. The van der Waals surface area contributed by atoms with E-state index in [1.807, 2.05) is 0 Å². The first-order valence-corrected chi connectivity index (χ1v) is 6.17. The minimum atomic E-state index is 0.0687. The Balaban J connectivity index is 1.59. The smallest absolute Gasteiger partial charge is 0.216 e. The molecular formula is C11H22N4O. The molecule has 0 saturated carbocycles. The Kier molecular flexibility index (Phi) is 4.15. The van der Waals surface area contributed by atoms with Gasteiger partial charge in [-0.15, -0.1) is 0 Å². The van der Waals surface area contributed by atoms with Gasteiger partial charge >= 0.3 is 0 Å². The van der Waals surface area contributed by atoms with E-state index in [1.165, 1.54) is 13.1 Å². The number of nitrogens with one attached hydrogen (secondary N) is 2. The summed E-state index contributed by atoms with van der Waals surface area (Å²) in [5.41, 5.74) is 0. The second kappa shape index (κ2) is 5.61. The molecule has 2 N–H and O–H groups in total. The van der Waals surface area contributed by atoms with Gasteiger partial charge in [-0.1, -0.05) is 0 Å². The van der Waals surface area contributed by atoms with Gasteiger partial charge < -0.3 is 10.6 Å². The summed E-state index contributed by atoms with van der Waals surface area (Å²) in [5.74, 6) is 0.0687. The molecule has 5 heteroatoms. The van der Waals surface area contributed by atoms with Crippen LogP contribution in [0.5, 0.6) is 0 Å². The van der Waals surface area contributed by atoms with Gasteiger partial charge in [-0.2, -0.15) is 0 Å². The Morgan fingerprint density at radius 2 is 2.00 bits per heavy atom. The fourth-order valence-corrected chi connectivity index (χ4v) is 2.27. The molecule has 0 aromatic heterocycles. The summed E-state index contributed by atoms with van der Waals surface area (Å²) in [4.78, 5) is 15.7. The Hall–Kier alpha value is -0.650. The van der Waals surface area contributed by atoms with E-state index in [2.05, 4.69) is 20.4 Å². The van der Waals surface area contributed by atoms with Crippen LogP contribution in [0.25, 0.3) is 0 Å². The van der Waals surface area contributed by atoms with Crippen LogP contribution in [0.15, 0.2) is 0 Å². The van der Waals surface area contributed by atoms with Crippen LogP contribution in [-0.4, -0.2) is 74.1 Å². The van der Waals surface area contributed by atoms with Crippen LogP contribution in [0.3, 0.4) is 0 Å². The molecule has 16 heavy (non-hydrogen) atoms. The van der Waals surface area contributed by atoms with Crippen LogP contribution in [-0.2, 0) is 4.79 Å². The number of nitrogens with zero attached hydrogens (tertiary/aromatic N) is 2. The number of carbonyl (C=O) groups excluding carboxylic acids is 1. The van der Waals surface area contributed by atoms with E-state index in [4.69, 9.17) is 0 Å². The molecule has 2 fully saturated rings. The maximum atomic E-state index is 10.7. The van der Waals surface area contributed by atoms with Crippen molar-refractivity contribution >= 4 is 5.91 Å². The van der Waals surface area contributed by atoms with Gasteiger partial charge in [0, 0.05) is 65.3 Å². The standard InChI is InChI=1S/C11H22N4O/c1-10(16)13-2-3-14-4-6-15(7-5-14)11-8-12-9-11/h11-12H,2-9H2,1H3,(H,13,16). The molecule has 0 aliphatic carbocycles. The first-order valence-electron chi connectivity index (χ1n) is 6.17. The van der Waals surface area contributed by atoms with Gasteiger partial charge in [0.2, 0.25) is 5.91 Å². The van der Waals surface area contributed by atoms with Gasteiger partial charge in [-0.3, -0.25) is 14.6 Å². The maximum absolute atomic E-state index is 10.7. The number of hydrogen-bond acceptors (Lipinski definition) is 4. The Labute approximate surface area is 97.2 Å². The summed E-state index contributed by atoms with van der Waals surface area (Å²) in [6, 6.07) is 0.775. The molecule has 5 nitrogen and oxygen atoms in total. The second-order valence-electron chi connectivity index (χ2n) is 4.67. The zero-order chi connectivity index (χ0) is 11.4. The predicted octanol–water partition coefficient (Wildman–Crippen LogP) is -1.29. The molecule has 2 rings (SSSR count). The average Bonchev–Trinajstić information content (AvgIpc) is 2.17. The third-order valence-corrected chi connectivity index (χ3v) is 3.49. The SMILES string of the molecule is CC(=O)NCCN1CCN(C2CNC2)CC1. The summed E-state index contributed by atoms with van der Waals surface area (Å²) in [7, 11) is 0. The quantitative estimate of drug-likeness (QED) is 0.626. The summed E-state index contributed by atoms with van der Waals surface area (Å²) >= 11 is 0. The number of piperazine rings is 1. The van der Waals surface area contributed by atoms with Gasteiger partial charge in [0.1, 0.15) is 0 Å². The Bertz CT molecular complexity index is 234. The van der Waals surface area contributed by atoms with E-state index in [1.54, 1.807) is 6.92 Å². The molecule has 0 radical (unpaired) electrons. The van der Waals surface area contributed by atoms with Gasteiger partial charge in [-0.05, 0) is 0 Å². The fraction of sp³-hybridized carbons (Fsp3) is 0.909. The first-order chi connectivity index (χ1) is 7.75. The van der Waals surface area contributed by atoms with Crippen molar-refractivity contribution in [2.24, 2.45) is 0 Å². The normalized spacial score (nSPS) is 24.1. The topological polar surface area (TPSA) is 47.6 Å². The zero-order valence-corrected chi connectivity index (χ0v) is 10.0. The molecule has 2 aliphatic rings. The van der Waals surface area contributed by atoms with E-state index in [0.717, 1.165) is 45.3 Å². The van der Waals surface area contributed by atoms with Crippen LogP contribution in [0, 0.1) is 0 Å². The lowest BCUT2D eigenvalue weighted by Gasteiger charge is -2.43. The second-order valence-corrected chi connectivity index (χ2v) is 4.67. The van der Waals surface area contributed by atoms with E-state index in [0.29, 0.717) is 0 Å². The first kappa shape index (κ1) is 11.8. The van der Waals surface area contributed by atoms with E-state index >= 15 is 0 Å². The fourth-order valence-electron chi connectivity index (χ4n) is 2.27. The van der Waals surface area contributed by atoms with Gasteiger partial charge in [0.05, 0.1) is 0 Å². The summed E-state index contributed by atoms with van der Waals surface area (Å²) in [6.07, 6.45) is 0. The maximum Gasteiger partial charge on any atom is 0.216 e. The third-order valence-electron chi connectivity index (χ3n) is 3.49. The molecule has 0 atom stereocenters. The molecule has 92 valence electrons. The highest BCUT2D eigenvalue weighted by atomic mass is 16.1. The monoisotopic (exact) mass is 226 g/mol. The molecular weight excluding hydrogens is 204 g/mol. The van der Waals surface area contributed by atoms with Crippen LogP contribution in [0.4, 0.5) is 0 Å². The van der Waals surface area contributed by atoms with E-state index < -0.39 is 0 Å². The highest BCUT2D eigenvalue weighted by Crippen LogP contribution is 2.08. The predicted molar refractivity (Wildman–Crippen MR) is 63.4 cm³/mol. The summed E-state index contributed by atoms with van der Waals surface area (Å²) in [5, 5.41) is 6.16. The molecule has 0 aromatic rings. The van der Waals surface area contributed by atoms with Gasteiger partial charge in [0.25, 0.3) is 0 Å². The van der Waals surface area contributed by atoms with Crippen LogP contribution < -0.4 is 10.6 Å². The third kappa shape index (κ3) is 3.17. The number of rotatable bonds is 4. The van der Waals surface area contributed by atoms with Crippen molar-refractivity contribution in [3.05, 3.63) is 0 Å². The van der Waals surface area contributed by atoms with Crippen molar-refractivity contribution in [1.29, 1.82) is 0 Å². The number of carbonyl (C=O) groups is 1. The van der Waals surface area contributed by atoms with Gasteiger partial charge in [0.15, 0.2) is 0 Å². The molecule has 2 saturated heterocycles. The van der Waals surface area contributed by atoms with E-state index in [-0.39, 0.29) is 5.91 Å². The number of amides is 1. The summed E-state index contributed by atoms with van der Waals surface area (Å²) in [6.45, 7) is 10.3. The van der Waals surface area contributed by atoms with Crippen molar-refractivity contribution in [2.75, 3.05) is 52.4 Å². The average molecular weight is 226 g/mol. The zero-order valence-electron chi connectivity index (χ0n) is 10.0. The summed E-state index contributed by atoms with van der Waals surface area (Å²) < 4.78 is 0. The highest BCUT2D eigenvalue weighted by molar-refractivity contribution is 5.72. The highest BCUT2D eigenvalue weighted by Gasteiger charge is 2.27. The molecule has 1 amide bonds. The molecule has 2 heterocycles. The van der Waals surface area contributed by atoms with Crippen LogP contribution >= 0.6 is 0 Å². The minimum absolute atomic E-state index is 0.0687. The Morgan fingerprint density at radius 1 is 1.31 bits per heavy atom. The van der Waals surface area contributed by atoms with Crippen molar-refractivity contribution in [2.45, 2.75) is 13.0 Å². The lowest BCUT2D eigenvalue weighted by Crippen LogP contribution is -2.61. The lowest BCUT2D eigenvalue weighted by atomic mass is 10.1.